The van der Waals surface area contributed by atoms with Gasteiger partial charge in [-0.3, -0.25) is 4.79 Å². The van der Waals surface area contributed by atoms with E-state index in [2.05, 4.69) is 25.7 Å². The molecule has 3 aromatic rings. The molecule has 1 aliphatic heterocycles. The van der Waals surface area contributed by atoms with E-state index in [0.29, 0.717) is 30.2 Å². The van der Waals surface area contributed by atoms with Crippen LogP contribution in [0.25, 0.3) is 11.0 Å². The average molecular weight is 340 g/mol. The first-order chi connectivity index (χ1) is 12.2. The predicted octanol–water partition coefficient (Wildman–Crippen LogP) is 1.59. The number of H-pyrrole nitrogens is 1. The number of nitrogens with one attached hydrogen (secondary N) is 2. The van der Waals surface area contributed by atoms with Crippen LogP contribution in [0.2, 0.25) is 0 Å². The summed E-state index contributed by atoms with van der Waals surface area (Å²) >= 11 is 0. The number of amides is 1. The van der Waals surface area contributed by atoms with Gasteiger partial charge in [0.05, 0.1) is 6.04 Å². The number of ether oxygens (including phenoxy) is 1. The van der Waals surface area contributed by atoms with Gasteiger partial charge in [0.25, 0.3) is 5.91 Å². The summed E-state index contributed by atoms with van der Waals surface area (Å²) in [5, 5.41) is 13.8. The molecule has 1 fully saturated rings. The number of nitrogens with zero attached hydrogens (tertiary/aromatic N) is 4. The highest BCUT2D eigenvalue weighted by atomic mass is 16.5. The SMILES string of the molecule is Cn1ccnc1C(NC(=O)c1ccc2n[nH]nc2c1)C1CCOCC1. The van der Waals surface area contributed by atoms with Gasteiger partial charge in [-0.15, -0.1) is 0 Å². The molecule has 8 nitrogen and oxygen atoms in total. The minimum Gasteiger partial charge on any atom is -0.381 e. The first-order valence-electron chi connectivity index (χ1n) is 8.39. The summed E-state index contributed by atoms with van der Waals surface area (Å²) in [6.45, 7) is 1.43. The van der Waals surface area contributed by atoms with Crippen molar-refractivity contribution >= 4 is 16.9 Å². The van der Waals surface area contributed by atoms with E-state index in [4.69, 9.17) is 4.74 Å². The van der Waals surface area contributed by atoms with Crippen molar-refractivity contribution in [2.75, 3.05) is 13.2 Å². The van der Waals surface area contributed by atoms with E-state index < -0.39 is 0 Å². The minimum atomic E-state index is -0.149. The smallest absolute Gasteiger partial charge is 0.251 e. The Morgan fingerprint density at radius 3 is 2.88 bits per heavy atom. The van der Waals surface area contributed by atoms with Crippen molar-refractivity contribution in [2.24, 2.45) is 13.0 Å². The molecule has 25 heavy (non-hydrogen) atoms. The fourth-order valence-electron chi connectivity index (χ4n) is 3.33. The molecular formula is C17H20N6O2. The zero-order valence-corrected chi connectivity index (χ0v) is 14.0. The normalized spacial score (nSPS) is 16.8. The number of aromatic nitrogens is 5. The summed E-state index contributed by atoms with van der Waals surface area (Å²) in [5.74, 6) is 1.03. The van der Waals surface area contributed by atoms with E-state index in [1.165, 1.54) is 0 Å². The lowest BCUT2D eigenvalue weighted by atomic mass is 9.90. The van der Waals surface area contributed by atoms with Gasteiger partial charge < -0.3 is 14.6 Å². The lowest BCUT2D eigenvalue weighted by molar-refractivity contribution is 0.0499. The molecule has 0 saturated carbocycles. The van der Waals surface area contributed by atoms with Crippen molar-refractivity contribution in [3.63, 3.8) is 0 Å². The van der Waals surface area contributed by atoms with Crippen molar-refractivity contribution < 1.29 is 9.53 Å². The molecule has 0 spiro atoms. The fourth-order valence-corrected chi connectivity index (χ4v) is 3.33. The monoisotopic (exact) mass is 340 g/mol. The summed E-state index contributed by atoms with van der Waals surface area (Å²) in [5.41, 5.74) is 1.97. The lowest BCUT2D eigenvalue weighted by Gasteiger charge is -2.30. The van der Waals surface area contributed by atoms with Crippen LogP contribution in [0.1, 0.15) is 35.1 Å². The molecule has 1 aliphatic rings. The molecule has 2 N–H and O–H groups in total. The summed E-state index contributed by atoms with van der Waals surface area (Å²) < 4.78 is 7.43. The van der Waals surface area contributed by atoms with E-state index in [9.17, 15) is 4.79 Å². The summed E-state index contributed by atoms with van der Waals surface area (Å²) in [4.78, 5) is 17.3. The average Bonchev–Trinajstić information content (AvgIpc) is 3.28. The van der Waals surface area contributed by atoms with E-state index in [0.717, 1.165) is 24.2 Å². The Morgan fingerprint density at radius 2 is 2.12 bits per heavy atom. The molecule has 130 valence electrons. The molecule has 3 heterocycles. The van der Waals surface area contributed by atoms with E-state index >= 15 is 0 Å². The molecule has 2 aromatic heterocycles. The highest BCUT2D eigenvalue weighted by Gasteiger charge is 2.30. The molecule has 1 unspecified atom stereocenters. The van der Waals surface area contributed by atoms with Gasteiger partial charge in [-0.25, -0.2) is 4.98 Å². The maximum Gasteiger partial charge on any atom is 0.251 e. The van der Waals surface area contributed by atoms with Gasteiger partial charge in [0, 0.05) is 38.2 Å². The van der Waals surface area contributed by atoms with E-state index in [1.54, 1.807) is 24.4 Å². The molecular weight excluding hydrogens is 320 g/mol. The van der Waals surface area contributed by atoms with Gasteiger partial charge in [-0.1, -0.05) is 0 Å². The highest BCUT2D eigenvalue weighted by molar-refractivity contribution is 5.97. The predicted molar refractivity (Wildman–Crippen MR) is 90.8 cm³/mol. The summed E-state index contributed by atoms with van der Waals surface area (Å²) in [6.07, 6.45) is 5.46. The number of rotatable bonds is 4. The van der Waals surface area contributed by atoms with Crippen LogP contribution in [0.3, 0.4) is 0 Å². The van der Waals surface area contributed by atoms with Crippen LogP contribution < -0.4 is 5.32 Å². The Kier molecular flexibility index (Phi) is 4.19. The number of fused-ring (bicyclic) bond motifs is 1. The topological polar surface area (TPSA) is 97.7 Å². The second-order valence-corrected chi connectivity index (χ2v) is 6.32. The Bertz CT molecular complexity index is 880. The van der Waals surface area contributed by atoms with Gasteiger partial charge >= 0.3 is 0 Å². The number of carbonyl (C=O) groups excluding carboxylic acids is 1. The van der Waals surface area contributed by atoms with E-state index in [1.807, 2.05) is 17.8 Å². The molecule has 8 heteroatoms. The second-order valence-electron chi connectivity index (χ2n) is 6.32. The Balaban J connectivity index is 1.60. The minimum absolute atomic E-state index is 0.135. The van der Waals surface area contributed by atoms with Gasteiger partial charge in [-0.05, 0) is 37.0 Å². The van der Waals surface area contributed by atoms with Gasteiger partial charge in [0.2, 0.25) is 0 Å². The fraction of sp³-hybridized carbons (Fsp3) is 0.412. The number of aryl methyl sites for hydroxylation is 1. The Morgan fingerprint density at radius 1 is 1.32 bits per heavy atom. The second kappa shape index (κ2) is 6.64. The van der Waals surface area contributed by atoms with Crippen LogP contribution in [-0.4, -0.2) is 44.1 Å². The van der Waals surface area contributed by atoms with Crippen LogP contribution in [-0.2, 0) is 11.8 Å². The number of hydrogen-bond acceptors (Lipinski definition) is 5. The van der Waals surface area contributed by atoms with Gasteiger partial charge in [0.15, 0.2) is 0 Å². The lowest BCUT2D eigenvalue weighted by Crippen LogP contribution is -2.37. The third-order valence-corrected chi connectivity index (χ3v) is 4.74. The highest BCUT2D eigenvalue weighted by Crippen LogP contribution is 2.29. The van der Waals surface area contributed by atoms with Crippen molar-refractivity contribution in [2.45, 2.75) is 18.9 Å². The Hall–Kier alpha value is -2.74. The van der Waals surface area contributed by atoms with Gasteiger partial charge in [-0.2, -0.15) is 15.4 Å². The van der Waals surface area contributed by atoms with Gasteiger partial charge in [0.1, 0.15) is 16.9 Å². The molecule has 1 atom stereocenters. The number of imidazole rings is 1. The van der Waals surface area contributed by atoms with Crippen LogP contribution in [0.15, 0.2) is 30.6 Å². The maximum absolute atomic E-state index is 12.8. The zero-order chi connectivity index (χ0) is 17.2. The number of carbonyl (C=O) groups is 1. The van der Waals surface area contributed by atoms with Crippen LogP contribution in [0.4, 0.5) is 0 Å². The third kappa shape index (κ3) is 3.12. The van der Waals surface area contributed by atoms with Crippen LogP contribution in [0.5, 0.6) is 0 Å². The number of aromatic amines is 1. The number of hydrogen-bond donors (Lipinski definition) is 2. The standard InChI is InChI=1S/C17H20N6O2/c1-23-7-6-18-16(23)15(11-4-8-25-9-5-11)19-17(24)12-2-3-13-14(10-12)21-22-20-13/h2-3,6-7,10-11,15H,4-5,8-9H2,1H3,(H,19,24)(H,20,21,22). The van der Waals surface area contributed by atoms with Crippen molar-refractivity contribution in [3.8, 4) is 0 Å². The molecule has 1 amide bonds. The molecule has 1 aromatic carbocycles. The Labute approximate surface area is 144 Å². The third-order valence-electron chi connectivity index (χ3n) is 4.74. The quantitative estimate of drug-likeness (QED) is 0.751. The summed E-state index contributed by atoms with van der Waals surface area (Å²) in [6, 6.07) is 5.15. The largest absolute Gasteiger partial charge is 0.381 e. The molecule has 0 aliphatic carbocycles. The van der Waals surface area contributed by atoms with E-state index in [-0.39, 0.29) is 11.9 Å². The van der Waals surface area contributed by atoms with Crippen molar-refractivity contribution in [1.82, 2.24) is 30.3 Å². The first kappa shape index (κ1) is 15.8. The van der Waals surface area contributed by atoms with Crippen molar-refractivity contribution in [1.29, 1.82) is 0 Å². The molecule has 0 bridgehead atoms. The number of benzene rings is 1. The molecule has 0 radical (unpaired) electrons. The van der Waals surface area contributed by atoms with Crippen molar-refractivity contribution in [3.05, 3.63) is 42.0 Å². The maximum atomic E-state index is 12.8. The van der Waals surface area contributed by atoms with Crippen LogP contribution in [0, 0.1) is 5.92 Å². The molecule has 4 rings (SSSR count). The van der Waals surface area contributed by atoms with Crippen LogP contribution >= 0.6 is 0 Å². The first-order valence-corrected chi connectivity index (χ1v) is 8.39. The summed E-state index contributed by atoms with van der Waals surface area (Å²) in [7, 11) is 1.95. The zero-order valence-electron chi connectivity index (χ0n) is 14.0. The molecule has 1 saturated heterocycles.